The molecule has 254 valence electrons. The van der Waals surface area contributed by atoms with Crippen molar-refractivity contribution in [3.8, 4) is 11.3 Å². The van der Waals surface area contributed by atoms with E-state index in [-0.39, 0.29) is 37.2 Å². The summed E-state index contributed by atoms with van der Waals surface area (Å²) in [7, 11) is 1.95. The Bertz CT molecular complexity index is 2320. The minimum absolute atomic E-state index is 0. The van der Waals surface area contributed by atoms with Crippen molar-refractivity contribution >= 4 is 28.8 Å². The number of allylic oxidation sites excluding steroid dienone is 4. The molecule has 6 rings (SSSR count). The molecular weight excluding hydrogens is 787 g/mol. The van der Waals surface area contributed by atoms with E-state index >= 15 is 0 Å². The molecule has 0 spiro atoms. The summed E-state index contributed by atoms with van der Waals surface area (Å²) in [6.45, 7) is 5.24. The fourth-order valence-corrected chi connectivity index (χ4v) is 5.98. The second-order valence-electron chi connectivity index (χ2n) is 13.2. The monoisotopic (exact) mass is 842 g/mol. The minimum Gasteiger partial charge on any atom is -0.811 e. The molecule has 3 nitrogen and oxygen atoms in total. The van der Waals surface area contributed by atoms with Gasteiger partial charge in [0, 0.05) is 28.8 Å². The topological polar surface area (TPSA) is 38.2 Å². The number of nitrogens with zero attached hydrogens (tertiary/aromatic N) is 3. The third kappa shape index (κ3) is 9.38. The Morgan fingerprint density at radius 3 is 2.38 bits per heavy atom. The molecule has 1 aromatic heterocycles. The zero-order chi connectivity index (χ0) is 41.9. The fraction of sp³-hybridized carbons (Fsp3) is 0.239. The molecule has 0 saturated heterocycles. The van der Waals surface area contributed by atoms with E-state index in [1.807, 2.05) is 112 Å². The van der Waals surface area contributed by atoms with Crippen molar-refractivity contribution < 1.29 is 35.6 Å². The van der Waals surface area contributed by atoms with E-state index in [4.69, 9.17) is 11.0 Å². The molecule has 1 aliphatic heterocycles. The molecule has 4 aromatic carbocycles. The van der Waals surface area contributed by atoms with Gasteiger partial charge in [-0.15, -0.1) is 70.8 Å². The van der Waals surface area contributed by atoms with Crippen molar-refractivity contribution in [2.45, 2.75) is 60.6 Å². The maximum absolute atomic E-state index is 9.27. The summed E-state index contributed by atoms with van der Waals surface area (Å²) in [4.78, 5) is 4.30. The van der Waals surface area contributed by atoms with Gasteiger partial charge in [0.05, 0.1) is 5.92 Å². The number of rotatable bonds is 7. The van der Waals surface area contributed by atoms with E-state index in [0.29, 0.717) is 22.4 Å². The Labute approximate surface area is 324 Å². The molecule has 0 N–H and O–H groups in total. The first-order chi connectivity index (χ1) is 26.6. The number of para-hydroxylation sites is 1. The normalized spacial score (nSPS) is 17.5. The molecule has 1 aliphatic rings. The van der Waals surface area contributed by atoms with Crippen molar-refractivity contribution in [2.24, 2.45) is 5.41 Å². The van der Waals surface area contributed by atoms with Crippen LogP contribution in [0.1, 0.15) is 90.4 Å². The number of benzene rings is 4. The summed E-state index contributed by atoms with van der Waals surface area (Å²) in [6, 6.07) is 35.9. The largest absolute Gasteiger partial charge is 3.00 e. The molecule has 0 saturated carbocycles. The van der Waals surface area contributed by atoms with Gasteiger partial charge < -0.3 is 10.4 Å². The fourth-order valence-electron chi connectivity index (χ4n) is 5.98. The van der Waals surface area contributed by atoms with Gasteiger partial charge in [0.15, 0.2) is 5.71 Å². The maximum atomic E-state index is 9.27. The smallest absolute Gasteiger partial charge is 0.811 e. The summed E-state index contributed by atoms with van der Waals surface area (Å²) >= 11 is 0. The maximum Gasteiger partial charge on any atom is 3.00 e. The molecule has 0 fully saturated rings. The van der Waals surface area contributed by atoms with Gasteiger partial charge in [0.1, 0.15) is 7.05 Å². The number of hydrogen-bond acceptors (Lipinski definition) is 1. The number of aromatic nitrogens is 1. The molecule has 1 unspecified atom stereocenters. The first kappa shape index (κ1) is 28.2. The summed E-state index contributed by atoms with van der Waals surface area (Å²) in [5, 5.41) is 9.27. The second kappa shape index (κ2) is 16.9. The standard InChI is InChI=1S/C23H22N2.C23H25N.Ir/c1-15-9-12-21(24-14-15)18-11-10-16(2)20(13-18)23-17(3)19-7-5-6-8-22(19)25(23)4;1-18(20-8-6-5-7-9-20)16-22(14-15-24)21-12-10-19(11-13-21)17-23(2,3)4;/h5-10,12-14,17H,1-4H3;5-8,10-16H,17H2,1-4H3;/q;-2;+3/b;18-16+,22-14+;/i1D3,2D3;17D2;. The number of aryl methyl sites for hydroxylation is 2. The SMILES string of the molecule is [2H]C([2H])([2H])c1ccc(-c2[c-]cc(C([2H])([2H])[2H])c(C3=[N+](C)c4ccccc4C3C)c2)nc1.[2H]C([2H])(c1ccc(C(/C=C(\C)c2[c-]cccc2)=C/C=[N-])cc1)C(C)(C)C.[Ir+3]. The van der Waals surface area contributed by atoms with Gasteiger partial charge in [-0.25, -0.2) is 0 Å². The van der Waals surface area contributed by atoms with Gasteiger partial charge in [-0.2, -0.15) is 10.8 Å². The van der Waals surface area contributed by atoms with Gasteiger partial charge in [-0.3, -0.25) is 0 Å². The average molecular weight is 842 g/mol. The van der Waals surface area contributed by atoms with Crippen LogP contribution in [0.15, 0.2) is 115 Å². The Kier molecular flexibility index (Phi) is 9.56. The van der Waals surface area contributed by atoms with Crippen LogP contribution in [0.5, 0.6) is 0 Å². The molecular formula is C46H47IrN3+. The zero-order valence-electron chi connectivity index (χ0n) is 37.3. The van der Waals surface area contributed by atoms with Gasteiger partial charge in [0.25, 0.3) is 0 Å². The van der Waals surface area contributed by atoms with Crippen molar-refractivity contribution in [3.63, 3.8) is 0 Å². The van der Waals surface area contributed by atoms with E-state index in [0.717, 1.165) is 45.5 Å². The molecule has 0 radical (unpaired) electrons. The van der Waals surface area contributed by atoms with Gasteiger partial charge >= 0.3 is 20.1 Å². The van der Waals surface area contributed by atoms with Crippen LogP contribution >= 0.6 is 0 Å². The van der Waals surface area contributed by atoms with Crippen molar-refractivity contribution in [1.29, 1.82) is 0 Å². The third-order valence-electron chi connectivity index (χ3n) is 8.30. The number of hydrogen-bond donors (Lipinski definition) is 0. The molecule has 1 atom stereocenters. The predicted molar refractivity (Wildman–Crippen MR) is 209 cm³/mol. The van der Waals surface area contributed by atoms with Crippen LogP contribution in [0, 0.1) is 31.3 Å². The molecule has 50 heavy (non-hydrogen) atoms. The van der Waals surface area contributed by atoms with Crippen molar-refractivity contribution in [1.82, 2.24) is 4.98 Å². The van der Waals surface area contributed by atoms with Crippen LogP contribution in [-0.4, -0.2) is 28.5 Å². The van der Waals surface area contributed by atoms with Crippen molar-refractivity contribution in [3.05, 3.63) is 172 Å². The van der Waals surface area contributed by atoms with E-state index in [2.05, 4.69) is 30.1 Å². The quantitative estimate of drug-likeness (QED) is 0.0696. The van der Waals surface area contributed by atoms with E-state index in [9.17, 15) is 5.41 Å². The second-order valence-corrected chi connectivity index (χ2v) is 13.2. The molecule has 0 aliphatic carbocycles. The van der Waals surface area contributed by atoms with E-state index in [1.54, 1.807) is 18.2 Å². The Hall–Kier alpha value is -4.50. The number of fused-ring (bicyclic) bond motifs is 1. The van der Waals surface area contributed by atoms with Crippen LogP contribution < -0.4 is 0 Å². The van der Waals surface area contributed by atoms with E-state index in [1.165, 1.54) is 18.3 Å². The first-order valence-electron chi connectivity index (χ1n) is 20.3. The van der Waals surface area contributed by atoms with Gasteiger partial charge in [-0.1, -0.05) is 101 Å². The predicted octanol–water partition coefficient (Wildman–Crippen LogP) is 11.2. The summed E-state index contributed by atoms with van der Waals surface area (Å²) in [5.41, 5.74) is 9.23. The Balaban J connectivity index is 0.000000257. The van der Waals surface area contributed by atoms with E-state index < -0.39 is 25.5 Å². The van der Waals surface area contributed by atoms with Crippen molar-refractivity contribution in [2.75, 3.05) is 7.05 Å². The first-order valence-corrected chi connectivity index (χ1v) is 16.3. The molecule has 0 amide bonds. The minimum atomic E-state index is -2.30. The zero-order valence-corrected chi connectivity index (χ0v) is 31.7. The molecule has 2 heterocycles. The molecule has 0 bridgehead atoms. The molecule has 5 aromatic rings. The van der Waals surface area contributed by atoms with Crippen LogP contribution in [0.25, 0.3) is 27.8 Å². The van der Waals surface area contributed by atoms with Crippen LogP contribution in [0.3, 0.4) is 0 Å². The summed E-state index contributed by atoms with van der Waals surface area (Å²) in [5.74, 6) is 0.0171. The van der Waals surface area contributed by atoms with Gasteiger partial charge in [-0.05, 0) is 59.1 Å². The van der Waals surface area contributed by atoms with Crippen LogP contribution in [0.4, 0.5) is 5.69 Å². The third-order valence-corrected chi connectivity index (χ3v) is 8.30. The summed E-state index contributed by atoms with van der Waals surface area (Å²) in [6.07, 6.45) is 4.56. The van der Waals surface area contributed by atoms with Crippen LogP contribution in [-0.2, 0) is 26.5 Å². The number of pyridine rings is 1. The Morgan fingerprint density at radius 2 is 1.76 bits per heavy atom. The molecule has 4 heteroatoms. The average Bonchev–Trinajstić information content (AvgIpc) is 3.42. The van der Waals surface area contributed by atoms with Crippen LogP contribution in [0.2, 0.25) is 0 Å². The van der Waals surface area contributed by atoms with Gasteiger partial charge in [0.2, 0.25) is 5.69 Å². The Morgan fingerprint density at radius 1 is 1.00 bits per heavy atom. The summed E-state index contributed by atoms with van der Waals surface area (Å²) < 4.78 is 65.5.